The van der Waals surface area contributed by atoms with Crippen molar-refractivity contribution in [3.05, 3.63) is 23.5 Å². The Morgan fingerprint density at radius 3 is 3.25 bits per heavy atom. The van der Waals surface area contributed by atoms with Crippen molar-refractivity contribution in [3.8, 4) is 0 Å². The van der Waals surface area contributed by atoms with E-state index in [2.05, 4.69) is 22.1 Å². The molecule has 2 aromatic rings. The van der Waals surface area contributed by atoms with E-state index in [4.69, 9.17) is 4.74 Å². The molecule has 1 aliphatic heterocycles. The zero-order valence-electron chi connectivity index (χ0n) is 11.7. The molecule has 1 unspecified atom stereocenters. The van der Waals surface area contributed by atoms with Crippen molar-refractivity contribution in [2.45, 2.75) is 26.4 Å². The first-order chi connectivity index (χ1) is 9.69. The maximum absolute atomic E-state index is 12.5. The van der Waals surface area contributed by atoms with Crippen LogP contribution in [-0.4, -0.2) is 51.8 Å². The first-order valence-electron chi connectivity index (χ1n) is 6.90. The van der Waals surface area contributed by atoms with Gasteiger partial charge in [0.2, 0.25) is 0 Å². The van der Waals surface area contributed by atoms with Crippen LogP contribution in [0.25, 0.3) is 11.0 Å². The molecule has 0 radical (unpaired) electrons. The average Bonchev–Trinajstić information content (AvgIpc) is 2.87. The molecule has 3 rings (SSSR count). The fraction of sp³-hybridized carbons (Fsp3) is 0.500. The van der Waals surface area contributed by atoms with Crippen molar-refractivity contribution in [2.24, 2.45) is 0 Å². The SMILES string of the molecule is CCC1CN(C(=O)c2cnc3n[nH]c(C)c3c2)CCO1. The Balaban J connectivity index is 1.86. The van der Waals surface area contributed by atoms with Gasteiger partial charge < -0.3 is 9.64 Å². The number of aromatic nitrogens is 3. The Hall–Kier alpha value is -1.95. The first kappa shape index (κ1) is 13.1. The van der Waals surface area contributed by atoms with Gasteiger partial charge in [-0.2, -0.15) is 5.10 Å². The highest BCUT2D eigenvalue weighted by Gasteiger charge is 2.24. The molecule has 1 atom stereocenters. The van der Waals surface area contributed by atoms with Crippen molar-refractivity contribution < 1.29 is 9.53 Å². The fourth-order valence-corrected chi connectivity index (χ4v) is 2.47. The Morgan fingerprint density at radius 2 is 2.45 bits per heavy atom. The minimum absolute atomic E-state index is 0.0155. The number of ether oxygens (including phenoxy) is 1. The number of H-pyrrole nitrogens is 1. The van der Waals surface area contributed by atoms with E-state index in [0.717, 1.165) is 17.5 Å². The monoisotopic (exact) mass is 274 g/mol. The second-order valence-corrected chi connectivity index (χ2v) is 5.10. The van der Waals surface area contributed by atoms with Crippen molar-refractivity contribution in [1.29, 1.82) is 0 Å². The summed E-state index contributed by atoms with van der Waals surface area (Å²) in [6, 6.07) is 1.86. The smallest absolute Gasteiger partial charge is 0.255 e. The Morgan fingerprint density at radius 1 is 1.60 bits per heavy atom. The highest BCUT2D eigenvalue weighted by molar-refractivity contribution is 5.97. The third kappa shape index (κ3) is 2.27. The van der Waals surface area contributed by atoms with Gasteiger partial charge in [0.1, 0.15) is 0 Å². The molecule has 0 aromatic carbocycles. The zero-order chi connectivity index (χ0) is 14.1. The summed E-state index contributed by atoms with van der Waals surface area (Å²) >= 11 is 0. The minimum Gasteiger partial charge on any atom is -0.375 e. The van der Waals surface area contributed by atoms with Crippen LogP contribution in [0.3, 0.4) is 0 Å². The average molecular weight is 274 g/mol. The number of hydrogen-bond donors (Lipinski definition) is 1. The van der Waals surface area contributed by atoms with E-state index in [1.165, 1.54) is 0 Å². The highest BCUT2D eigenvalue weighted by atomic mass is 16.5. The van der Waals surface area contributed by atoms with Gasteiger partial charge >= 0.3 is 0 Å². The van der Waals surface area contributed by atoms with E-state index in [0.29, 0.717) is 30.9 Å². The van der Waals surface area contributed by atoms with Crippen LogP contribution in [0.4, 0.5) is 0 Å². The predicted octanol–water partition coefficient (Wildman–Crippen LogP) is 1.52. The normalized spacial score (nSPS) is 19.5. The number of aromatic amines is 1. The molecular weight excluding hydrogens is 256 g/mol. The Bertz CT molecular complexity index is 637. The topological polar surface area (TPSA) is 71.1 Å². The molecule has 0 spiro atoms. The molecule has 1 fully saturated rings. The van der Waals surface area contributed by atoms with Gasteiger partial charge in [0, 0.05) is 30.4 Å². The summed E-state index contributed by atoms with van der Waals surface area (Å²) in [6.45, 7) is 5.88. The number of amides is 1. The van der Waals surface area contributed by atoms with Gasteiger partial charge in [-0.3, -0.25) is 9.89 Å². The largest absolute Gasteiger partial charge is 0.375 e. The first-order valence-corrected chi connectivity index (χ1v) is 6.90. The molecule has 20 heavy (non-hydrogen) atoms. The van der Waals surface area contributed by atoms with E-state index < -0.39 is 0 Å². The summed E-state index contributed by atoms with van der Waals surface area (Å²) in [4.78, 5) is 18.6. The molecule has 0 aliphatic carbocycles. The van der Waals surface area contributed by atoms with Crippen LogP contribution in [0.15, 0.2) is 12.3 Å². The van der Waals surface area contributed by atoms with E-state index in [9.17, 15) is 4.79 Å². The number of pyridine rings is 1. The second-order valence-electron chi connectivity index (χ2n) is 5.10. The second kappa shape index (κ2) is 5.20. The number of nitrogens with zero attached hydrogens (tertiary/aromatic N) is 3. The summed E-state index contributed by atoms with van der Waals surface area (Å²) in [7, 11) is 0. The van der Waals surface area contributed by atoms with Crippen molar-refractivity contribution in [2.75, 3.05) is 19.7 Å². The highest BCUT2D eigenvalue weighted by Crippen LogP contribution is 2.17. The van der Waals surface area contributed by atoms with Gasteiger partial charge in [0.05, 0.1) is 18.3 Å². The van der Waals surface area contributed by atoms with Gasteiger partial charge in [-0.05, 0) is 19.4 Å². The van der Waals surface area contributed by atoms with Crippen LogP contribution < -0.4 is 0 Å². The van der Waals surface area contributed by atoms with Crippen LogP contribution in [0.2, 0.25) is 0 Å². The van der Waals surface area contributed by atoms with Crippen molar-refractivity contribution in [1.82, 2.24) is 20.1 Å². The standard InChI is InChI=1S/C14H18N4O2/c1-3-11-8-18(4-5-20-11)14(19)10-6-12-9(2)16-17-13(12)15-7-10/h6-7,11H,3-5,8H2,1-2H3,(H,15,16,17). The molecule has 3 heterocycles. The van der Waals surface area contributed by atoms with Crippen molar-refractivity contribution in [3.63, 3.8) is 0 Å². The maximum atomic E-state index is 12.5. The minimum atomic E-state index is 0.0155. The lowest BCUT2D eigenvalue weighted by Crippen LogP contribution is -2.45. The van der Waals surface area contributed by atoms with Gasteiger partial charge in [-0.25, -0.2) is 4.98 Å². The van der Waals surface area contributed by atoms with Crippen LogP contribution >= 0.6 is 0 Å². The van der Waals surface area contributed by atoms with E-state index in [1.54, 1.807) is 6.20 Å². The number of carbonyl (C=O) groups is 1. The fourth-order valence-electron chi connectivity index (χ4n) is 2.47. The van der Waals surface area contributed by atoms with Gasteiger partial charge in [0.15, 0.2) is 5.65 Å². The van der Waals surface area contributed by atoms with Crippen LogP contribution in [0, 0.1) is 6.92 Å². The van der Waals surface area contributed by atoms with Crippen LogP contribution in [-0.2, 0) is 4.74 Å². The molecule has 2 aromatic heterocycles. The number of morpholine rings is 1. The molecule has 1 amide bonds. The predicted molar refractivity (Wildman–Crippen MR) is 74.6 cm³/mol. The molecule has 1 N–H and O–H groups in total. The summed E-state index contributed by atoms with van der Waals surface area (Å²) < 4.78 is 5.60. The Kier molecular flexibility index (Phi) is 3.40. The lowest BCUT2D eigenvalue weighted by atomic mass is 10.1. The Labute approximate surface area is 117 Å². The molecule has 0 saturated carbocycles. The summed E-state index contributed by atoms with van der Waals surface area (Å²) in [5.74, 6) is 0.0155. The third-order valence-electron chi connectivity index (χ3n) is 3.73. The number of carbonyl (C=O) groups excluding carboxylic acids is 1. The molecule has 0 bridgehead atoms. The summed E-state index contributed by atoms with van der Waals surface area (Å²) in [5, 5.41) is 7.86. The molecule has 106 valence electrons. The molecule has 6 nitrogen and oxygen atoms in total. The van der Waals surface area contributed by atoms with Crippen molar-refractivity contribution >= 4 is 16.9 Å². The maximum Gasteiger partial charge on any atom is 0.255 e. The van der Waals surface area contributed by atoms with Gasteiger partial charge in [0.25, 0.3) is 5.91 Å². The van der Waals surface area contributed by atoms with E-state index >= 15 is 0 Å². The molecule has 1 saturated heterocycles. The van der Waals surface area contributed by atoms with Crippen LogP contribution in [0.5, 0.6) is 0 Å². The quantitative estimate of drug-likeness (QED) is 0.901. The molecular formula is C14H18N4O2. The number of aryl methyl sites for hydroxylation is 1. The third-order valence-corrected chi connectivity index (χ3v) is 3.73. The van der Waals surface area contributed by atoms with E-state index in [-0.39, 0.29) is 12.0 Å². The molecule has 6 heteroatoms. The lowest BCUT2D eigenvalue weighted by molar-refractivity contribution is -0.0226. The van der Waals surface area contributed by atoms with Gasteiger partial charge in [-0.15, -0.1) is 0 Å². The summed E-state index contributed by atoms with van der Waals surface area (Å²) in [6.07, 6.45) is 2.66. The molecule has 1 aliphatic rings. The number of nitrogens with one attached hydrogen (secondary N) is 1. The number of rotatable bonds is 2. The van der Waals surface area contributed by atoms with E-state index in [1.807, 2.05) is 17.9 Å². The number of hydrogen-bond acceptors (Lipinski definition) is 4. The zero-order valence-corrected chi connectivity index (χ0v) is 11.7. The lowest BCUT2D eigenvalue weighted by Gasteiger charge is -2.32. The summed E-state index contributed by atoms with van der Waals surface area (Å²) in [5.41, 5.74) is 2.18. The number of fused-ring (bicyclic) bond motifs is 1. The van der Waals surface area contributed by atoms with Gasteiger partial charge in [-0.1, -0.05) is 6.92 Å². The van der Waals surface area contributed by atoms with Crippen LogP contribution in [0.1, 0.15) is 29.4 Å².